The highest BCUT2D eigenvalue weighted by molar-refractivity contribution is 9.10. The van der Waals surface area contributed by atoms with E-state index in [-0.39, 0.29) is 16.7 Å². The minimum Gasteiger partial charge on any atom is -0.398 e. The largest absolute Gasteiger partial charge is 0.398 e. The summed E-state index contributed by atoms with van der Waals surface area (Å²) in [5.74, 6) is -0.544. The fourth-order valence-corrected chi connectivity index (χ4v) is 2.87. The van der Waals surface area contributed by atoms with E-state index in [1.54, 1.807) is 6.07 Å². The minimum absolute atomic E-state index is 0.0300. The summed E-state index contributed by atoms with van der Waals surface area (Å²) in [5.41, 5.74) is 6.91. The van der Waals surface area contributed by atoms with Crippen LogP contribution in [0.5, 0.6) is 0 Å². The van der Waals surface area contributed by atoms with Crippen molar-refractivity contribution in [2.75, 3.05) is 16.8 Å². The molecular weight excluding hydrogens is 379 g/mol. The molecule has 110 valence electrons. The Morgan fingerprint density at radius 1 is 1.33 bits per heavy atom. The number of hydrogen-bond acceptors (Lipinski definition) is 3. The molecular formula is C14H11BrClFN2OS. The Balaban J connectivity index is 1.94. The number of anilines is 2. The van der Waals surface area contributed by atoms with Crippen LogP contribution in [0.1, 0.15) is 0 Å². The van der Waals surface area contributed by atoms with Gasteiger partial charge in [-0.05, 0) is 36.4 Å². The summed E-state index contributed by atoms with van der Waals surface area (Å²) in [6, 6.07) is 9.51. The van der Waals surface area contributed by atoms with Gasteiger partial charge >= 0.3 is 0 Å². The first-order valence-corrected chi connectivity index (χ1v) is 8.04. The van der Waals surface area contributed by atoms with Gasteiger partial charge in [-0.1, -0.05) is 27.5 Å². The monoisotopic (exact) mass is 388 g/mol. The highest BCUT2D eigenvalue weighted by atomic mass is 79.9. The van der Waals surface area contributed by atoms with E-state index in [1.165, 1.54) is 30.0 Å². The lowest BCUT2D eigenvalue weighted by Crippen LogP contribution is -2.14. The van der Waals surface area contributed by atoms with Gasteiger partial charge in [-0.2, -0.15) is 0 Å². The van der Waals surface area contributed by atoms with Crippen LogP contribution in [0.25, 0.3) is 0 Å². The molecule has 7 heteroatoms. The molecule has 0 fully saturated rings. The van der Waals surface area contributed by atoms with Crippen LogP contribution < -0.4 is 11.1 Å². The molecule has 0 saturated heterocycles. The molecule has 2 rings (SSSR count). The Kier molecular flexibility index (Phi) is 5.50. The molecule has 0 bridgehead atoms. The molecule has 0 radical (unpaired) electrons. The summed E-state index contributed by atoms with van der Waals surface area (Å²) in [5, 5.41) is 2.62. The zero-order valence-corrected chi connectivity index (χ0v) is 13.9. The van der Waals surface area contributed by atoms with Crippen molar-refractivity contribution in [2.45, 2.75) is 4.90 Å². The van der Waals surface area contributed by atoms with E-state index >= 15 is 0 Å². The van der Waals surface area contributed by atoms with Crippen LogP contribution in [0.15, 0.2) is 45.8 Å². The van der Waals surface area contributed by atoms with Crippen LogP contribution in [0.3, 0.4) is 0 Å². The molecule has 3 nitrogen and oxygen atoms in total. The molecule has 0 spiro atoms. The van der Waals surface area contributed by atoms with E-state index in [0.29, 0.717) is 11.4 Å². The number of benzene rings is 2. The van der Waals surface area contributed by atoms with E-state index in [1.807, 2.05) is 12.1 Å². The van der Waals surface area contributed by atoms with Crippen molar-refractivity contribution < 1.29 is 9.18 Å². The predicted molar refractivity (Wildman–Crippen MR) is 89.3 cm³/mol. The second kappa shape index (κ2) is 7.15. The lowest BCUT2D eigenvalue weighted by molar-refractivity contribution is -0.113. The third kappa shape index (κ3) is 4.62. The number of hydrogen-bond donors (Lipinski definition) is 2. The maximum Gasteiger partial charge on any atom is 0.234 e. The summed E-state index contributed by atoms with van der Waals surface area (Å²) in [6.07, 6.45) is 0. The standard InChI is InChI=1S/C14H11BrClFN2OS/c15-8-1-4-13(12(18)5-8)21-7-14(20)19-9-2-3-11(17)10(16)6-9/h1-6H,7,18H2,(H,19,20). The number of nitrogens with one attached hydrogen (secondary N) is 1. The number of rotatable bonds is 4. The molecule has 0 aliphatic carbocycles. The first-order valence-electron chi connectivity index (χ1n) is 5.88. The Morgan fingerprint density at radius 2 is 2.10 bits per heavy atom. The fourth-order valence-electron chi connectivity index (χ4n) is 1.57. The van der Waals surface area contributed by atoms with Gasteiger partial charge in [0, 0.05) is 20.7 Å². The second-order valence-electron chi connectivity index (χ2n) is 4.15. The maximum atomic E-state index is 13.0. The number of carbonyl (C=O) groups is 1. The Hall–Kier alpha value is -1.24. The quantitative estimate of drug-likeness (QED) is 0.595. The molecule has 21 heavy (non-hydrogen) atoms. The van der Waals surface area contributed by atoms with E-state index < -0.39 is 5.82 Å². The highest BCUT2D eigenvalue weighted by Gasteiger charge is 2.08. The molecule has 0 unspecified atom stereocenters. The predicted octanol–water partition coefficient (Wildman–Crippen LogP) is 4.55. The number of carbonyl (C=O) groups excluding carboxylic acids is 1. The maximum absolute atomic E-state index is 13.0. The first-order chi connectivity index (χ1) is 9.95. The van der Waals surface area contributed by atoms with Crippen LogP contribution in [-0.4, -0.2) is 11.7 Å². The summed E-state index contributed by atoms with van der Waals surface area (Å²) >= 11 is 10.3. The fraction of sp³-hybridized carbons (Fsp3) is 0.0714. The topological polar surface area (TPSA) is 55.1 Å². The summed E-state index contributed by atoms with van der Waals surface area (Å²) in [4.78, 5) is 12.7. The molecule has 2 aromatic carbocycles. The zero-order valence-electron chi connectivity index (χ0n) is 10.7. The van der Waals surface area contributed by atoms with Gasteiger partial charge < -0.3 is 11.1 Å². The van der Waals surface area contributed by atoms with E-state index in [2.05, 4.69) is 21.2 Å². The number of halogens is 3. The van der Waals surface area contributed by atoms with Crippen molar-refractivity contribution in [3.8, 4) is 0 Å². The van der Waals surface area contributed by atoms with Crippen molar-refractivity contribution in [2.24, 2.45) is 0 Å². The van der Waals surface area contributed by atoms with Crippen molar-refractivity contribution in [1.82, 2.24) is 0 Å². The molecule has 1 amide bonds. The van der Waals surface area contributed by atoms with E-state index in [0.717, 1.165) is 9.37 Å². The lowest BCUT2D eigenvalue weighted by atomic mass is 10.3. The van der Waals surface area contributed by atoms with Crippen LogP contribution in [-0.2, 0) is 4.79 Å². The van der Waals surface area contributed by atoms with Crippen molar-refractivity contribution in [3.05, 3.63) is 51.7 Å². The van der Waals surface area contributed by atoms with Crippen LogP contribution in [0.4, 0.5) is 15.8 Å². The van der Waals surface area contributed by atoms with E-state index in [9.17, 15) is 9.18 Å². The highest BCUT2D eigenvalue weighted by Crippen LogP contribution is 2.28. The molecule has 0 atom stereocenters. The third-order valence-corrected chi connectivity index (χ3v) is 4.41. The first kappa shape index (κ1) is 16.1. The van der Waals surface area contributed by atoms with Crippen LogP contribution in [0.2, 0.25) is 5.02 Å². The normalized spacial score (nSPS) is 10.4. The van der Waals surface area contributed by atoms with Crippen molar-refractivity contribution in [3.63, 3.8) is 0 Å². The molecule has 2 aromatic rings. The van der Waals surface area contributed by atoms with E-state index in [4.69, 9.17) is 17.3 Å². The second-order valence-corrected chi connectivity index (χ2v) is 6.49. The summed E-state index contributed by atoms with van der Waals surface area (Å²) in [6.45, 7) is 0. The molecule has 0 aliphatic heterocycles. The molecule has 0 saturated carbocycles. The number of amides is 1. The van der Waals surface area contributed by atoms with Gasteiger partial charge in [0.15, 0.2) is 0 Å². The Morgan fingerprint density at radius 3 is 2.76 bits per heavy atom. The number of nitrogens with two attached hydrogens (primary N) is 1. The molecule has 0 heterocycles. The van der Waals surface area contributed by atoms with Gasteiger partial charge in [0.2, 0.25) is 5.91 Å². The summed E-state index contributed by atoms with van der Waals surface area (Å²) in [7, 11) is 0. The third-order valence-electron chi connectivity index (χ3n) is 2.53. The van der Waals surface area contributed by atoms with Gasteiger partial charge in [-0.3, -0.25) is 4.79 Å². The van der Waals surface area contributed by atoms with Gasteiger partial charge in [0.1, 0.15) is 5.82 Å². The van der Waals surface area contributed by atoms with Gasteiger partial charge in [-0.15, -0.1) is 11.8 Å². The van der Waals surface area contributed by atoms with Crippen molar-refractivity contribution >= 4 is 56.6 Å². The zero-order chi connectivity index (χ0) is 15.4. The lowest BCUT2D eigenvalue weighted by Gasteiger charge is -2.07. The summed E-state index contributed by atoms with van der Waals surface area (Å²) < 4.78 is 13.9. The molecule has 0 aliphatic rings. The average molecular weight is 390 g/mol. The van der Waals surface area contributed by atoms with Gasteiger partial charge in [-0.25, -0.2) is 4.39 Å². The number of nitrogen functional groups attached to an aromatic ring is 1. The van der Waals surface area contributed by atoms with Crippen LogP contribution >= 0.6 is 39.3 Å². The smallest absolute Gasteiger partial charge is 0.234 e. The van der Waals surface area contributed by atoms with Crippen molar-refractivity contribution in [1.29, 1.82) is 0 Å². The van der Waals surface area contributed by atoms with Crippen LogP contribution in [0, 0.1) is 5.82 Å². The molecule has 0 aromatic heterocycles. The van der Waals surface area contributed by atoms with Gasteiger partial charge in [0.05, 0.1) is 10.8 Å². The van der Waals surface area contributed by atoms with Gasteiger partial charge in [0.25, 0.3) is 0 Å². The number of thioether (sulfide) groups is 1. The Labute approximate surface area is 139 Å². The Bertz CT molecular complexity index is 684. The average Bonchev–Trinajstić information content (AvgIpc) is 2.42. The molecule has 3 N–H and O–H groups in total. The minimum atomic E-state index is -0.522. The SMILES string of the molecule is Nc1cc(Br)ccc1SCC(=O)Nc1ccc(F)c(Cl)c1.